The lowest BCUT2D eigenvalue weighted by Gasteiger charge is -2.03. The van der Waals surface area contributed by atoms with Gasteiger partial charge in [-0.1, -0.05) is 12.1 Å². The molecule has 4 heterocycles. The standard InChI is InChI=1S/C20H16O2S4/c21-16(19-3-1-7-23-19)10-14-5-6-18(26-14)13-9-15(25-12-13)11-17(22)20-4-2-8-24-20/h1-8,11,13H,9-10,12H2/b15-11-. The van der Waals surface area contributed by atoms with Gasteiger partial charge in [0.1, 0.15) is 0 Å². The Balaban J connectivity index is 1.39. The molecule has 0 spiro atoms. The van der Waals surface area contributed by atoms with Crippen LogP contribution in [0.2, 0.25) is 0 Å². The minimum atomic E-state index is 0.108. The first kappa shape index (κ1) is 17.9. The number of allylic oxidation sites excluding steroid dienone is 2. The van der Waals surface area contributed by atoms with Crippen LogP contribution in [0.4, 0.5) is 0 Å². The van der Waals surface area contributed by atoms with Crippen LogP contribution in [0, 0.1) is 0 Å². The van der Waals surface area contributed by atoms with Crippen molar-refractivity contribution in [3.05, 3.63) is 77.6 Å². The lowest BCUT2D eigenvalue weighted by atomic mass is 10.1. The van der Waals surface area contributed by atoms with E-state index in [0.717, 1.165) is 31.7 Å². The summed E-state index contributed by atoms with van der Waals surface area (Å²) >= 11 is 6.50. The fourth-order valence-corrected chi connectivity index (χ4v) is 6.62. The Morgan fingerprint density at radius 2 is 1.81 bits per heavy atom. The van der Waals surface area contributed by atoms with Gasteiger partial charge in [0.2, 0.25) is 0 Å². The number of thioether (sulfide) groups is 1. The van der Waals surface area contributed by atoms with Gasteiger partial charge in [0.15, 0.2) is 11.6 Å². The molecule has 1 unspecified atom stereocenters. The van der Waals surface area contributed by atoms with Gasteiger partial charge in [0, 0.05) is 27.8 Å². The molecule has 26 heavy (non-hydrogen) atoms. The third-order valence-corrected chi connectivity index (χ3v) is 8.46. The molecule has 1 aliphatic rings. The fourth-order valence-electron chi connectivity index (χ4n) is 2.88. The van der Waals surface area contributed by atoms with Gasteiger partial charge in [-0.15, -0.1) is 45.8 Å². The normalized spacial score (nSPS) is 18.5. The molecule has 0 aliphatic carbocycles. The summed E-state index contributed by atoms with van der Waals surface area (Å²) in [5, 5.41) is 3.87. The zero-order valence-electron chi connectivity index (χ0n) is 13.8. The molecule has 6 heteroatoms. The van der Waals surface area contributed by atoms with Gasteiger partial charge in [-0.3, -0.25) is 9.59 Å². The van der Waals surface area contributed by atoms with E-state index in [-0.39, 0.29) is 11.6 Å². The number of rotatable bonds is 6. The van der Waals surface area contributed by atoms with E-state index in [1.807, 2.05) is 35.0 Å². The van der Waals surface area contributed by atoms with E-state index < -0.39 is 0 Å². The van der Waals surface area contributed by atoms with Crippen LogP contribution in [-0.2, 0) is 6.42 Å². The van der Waals surface area contributed by atoms with Crippen LogP contribution in [0.15, 0.2) is 58.1 Å². The number of carbonyl (C=O) groups excluding carboxylic acids is 2. The maximum absolute atomic E-state index is 12.3. The summed E-state index contributed by atoms with van der Waals surface area (Å²) in [6.45, 7) is 0. The van der Waals surface area contributed by atoms with E-state index in [4.69, 9.17) is 0 Å². The minimum Gasteiger partial charge on any atom is -0.293 e. The SMILES string of the molecule is O=C(/C=C1/CC(c2ccc(CC(=O)c3cccs3)s2)CS1)c1cccs1. The number of thiophene rings is 3. The van der Waals surface area contributed by atoms with Crippen molar-refractivity contribution in [2.75, 3.05) is 5.75 Å². The molecular weight excluding hydrogens is 400 g/mol. The predicted molar refractivity (Wildman–Crippen MR) is 113 cm³/mol. The molecule has 1 saturated heterocycles. The highest BCUT2D eigenvalue weighted by molar-refractivity contribution is 8.03. The van der Waals surface area contributed by atoms with E-state index in [2.05, 4.69) is 12.1 Å². The summed E-state index contributed by atoms with van der Waals surface area (Å²) in [5.74, 6) is 1.74. The van der Waals surface area contributed by atoms with Crippen molar-refractivity contribution in [1.29, 1.82) is 0 Å². The number of hydrogen-bond acceptors (Lipinski definition) is 6. The first-order valence-corrected chi connectivity index (χ1v) is 11.8. The zero-order valence-corrected chi connectivity index (χ0v) is 17.1. The number of carbonyl (C=O) groups is 2. The monoisotopic (exact) mass is 416 g/mol. The van der Waals surface area contributed by atoms with Crippen LogP contribution in [0.1, 0.15) is 41.4 Å². The van der Waals surface area contributed by atoms with E-state index in [9.17, 15) is 9.59 Å². The third kappa shape index (κ3) is 4.09. The Hall–Kier alpha value is -1.47. The van der Waals surface area contributed by atoms with Gasteiger partial charge in [-0.25, -0.2) is 0 Å². The smallest absolute Gasteiger partial charge is 0.196 e. The van der Waals surface area contributed by atoms with Crippen molar-refractivity contribution in [2.45, 2.75) is 18.8 Å². The quantitative estimate of drug-likeness (QED) is 0.350. The second kappa shape index (κ2) is 8.05. The first-order chi connectivity index (χ1) is 12.7. The molecule has 0 radical (unpaired) electrons. The lowest BCUT2D eigenvalue weighted by Crippen LogP contribution is -1.98. The largest absolute Gasteiger partial charge is 0.293 e. The molecule has 1 aliphatic heterocycles. The fraction of sp³-hybridized carbons (Fsp3) is 0.200. The molecular formula is C20H16O2S4. The van der Waals surface area contributed by atoms with Crippen molar-refractivity contribution < 1.29 is 9.59 Å². The highest BCUT2D eigenvalue weighted by atomic mass is 32.2. The average Bonchev–Trinajstić information content (AvgIpc) is 3.39. The van der Waals surface area contributed by atoms with Crippen LogP contribution in [0.25, 0.3) is 0 Å². The van der Waals surface area contributed by atoms with Crippen LogP contribution in [0.5, 0.6) is 0 Å². The number of ketones is 2. The molecule has 2 nitrogen and oxygen atoms in total. The molecule has 1 atom stereocenters. The Bertz CT molecular complexity index is 933. The van der Waals surface area contributed by atoms with Gasteiger partial charge in [0.05, 0.1) is 9.75 Å². The van der Waals surface area contributed by atoms with Gasteiger partial charge < -0.3 is 0 Å². The molecule has 0 amide bonds. The summed E-state index contributed by atoms with van der Waals surface area (Å²) in [7, 11) is 0. The molecule has 3 aromatic rings. The summed E-state index contributed by atoms with van der Waals surface area (Å²) in [5.41, 5.74) is 0. The Morgan fingerprint density at radius 3 is 2.54 bits per heavy atom. The number of hydrogen-bond donors (Lipinski definition) is 0. The van der Waals surface area contributed by atoms with Crippen molar-refractivity contribution in [3.8, 4) is 0 Å². The average molecular weight is 417 g/mol. The van der Waals surface area contributed by atoms with Crippen molar-refractivity contribution >= 4 is 57.3 Å². The maximum Gasteiger partial charge on any atom is 0.196 e. The lowest BCUT2D eigenvalue weighted by molar-refractivity contribution is 0.0996. The summed E-state index contributed by atoms with van der Waals surface area (Å²) < 4.78 is 0. The van der Waals surface area contributed by atoms with Gasteiger partial charge in [-0.2, -0.15) is 0 Å². The molecule has 132 valence electrons. The van der Waals surface area contributed by atoms with E-state index in [1.54, 1.807) is 29.2 Å². The molecule has 4 rings (SSSR count). The highest BCUT2D eigenvalue weighted by Gasteiger charge is 2.24. The van der Waals surface area contributed by atoms with Crippen molar-refractivity contribution in [1.82, 2.24) is 0 Å². The van der Waals surface area contributed by atoms with Gasteiger partial charge in [0.25, 0.3) is 0 Å². The zero-order chi connectivity index (χ0) is 17.9. The molecule has 3 aromatic heterocycles. The van der Waals surface area contributed by atoms with Crippen LogP contribution < -0.4 is 0 Å². The second-order valence-corrected chi connectivity index (χ2v) is 10.3. The van der Waals surface area contributed by atoms with Crippen molar-refractivity contribution in [3.63, 3.8) is 0 Å². The first-order valence-electron chi connectivity index (χ1n) is 8.25. The van der Waals surface area contributed by atoms with E-state index in [0.29, 0.717) is 12.3 Å². The van der Waals surface area contributed by atoms with Crippen LogP contribution in [-0.4, -0.2) is 17.3 Å². The van der Waals surface area contributed by atoms with Crippen LogP contribution in [0.3, 0.4) is 0 Å². The van der Waals surface area contributed by atoms with Crippen molar-refractivity contribution in [2.24, 2.45) is 0 Å². The predicted octanol–water partition coefficient (Wildman–Crippen LogP) is 6.28. The highest BCUT2D eigenvalue weighted by Crippen LogP contribution is 2.43. The Labute approximate surface area is 168 Å². The van der Waals surface area contributed by atoms with E-state index >= 15 is 0 Å². The topological polar surface area (TPSA) is 34.1 Å². The molecule has 0 saturated carbocycles. The summed E-state index contributed by atoms with van der Waals surface area (Å²) in [6.07, 6.45) is 3.19. The molecule has 0 N–H and O–H groups in total. The number of Topliss-reactive ketones (excluding diaryl/α,β-unsaturated/α-hetero) is 1. The molecule has 0 bridgehead atoms. The maximum atomic E-state index is 12.3. The second-order valence-electron chi connectivity index (χ2n) is 6.05. The van der Waals surface area contributed by atoms with Crippen LogP contribution >= 0.6 is 45.8 Å². The Morgan fingerprint density at radius 1 is 1.04 bits per heavy atom. The third-order valence-electron chi connectivity index (χ3n) is 4.19. The molecule has 1 fully saturated rings. The summed E-state index contributed by atoms with van der Waals surface area (Å²) in [6, 6.07) is 11.8. The van der Waals surface area contributed by atoms with Gasteiger partial charge in [-0.05, 0) is 52.4 Å². The Kier molecular flexibility index (Phi) is 5.55. The van der Waals surface area contributed by atoms with E-state index in [1.165, 1.54) is 27.6 Å². The summed E-state index contributed by atoms with van der Waals surface area (Å²) in [4.78, 5) is 29.7. The van der Waals surface area contributed by atoms with Gasteiger partial charge >= 0.3 is 0 Å². The molecule has 0 aromatic carbocycles. The minimum absolute atomic E-state index is 0.108.